The summed E-state index contributed by atoms with van der Waals surface area (Å²) in [7, 11) is 1.89. The maximum atomic E-state index is 10.9. The molecule has 0 aromatic heterocycles. The minimum Gasteiger partial charge on any atom is -0.448 e. The van der Waals surface area contributed by atoms with Crippen molar-refractivity contribution < 1.29 is 9.32 Å². The van der Waals surface area contributed by atoms with Gasteiger partial charge < -0.3 is 10.3 Å². The van der Waals surface area contributed by atoms with Crippen molar-refractivity contribution in [3.8, 4) is 0 Å². The standard InChI is InChI=1S/C7H8NO2P/c8-6-3-1-2-5(4-6)7(9)10-11/h1-4H,8,11H2. The molecule has 11 heavy (non-hydrogen) atoms. The van der Waals surface area contributed by atoms with Gasteiger partial charge in [-0.05, 0) is 18.2 Å². The van der Waals surface area contributed by atoms with Crippen molar-refractivity contribution in [2.75, 3.05) is 5.73 Å². The summed E-state index contributed by atoms with van der Waals surface area (Å²) in [6.45, 7) is 0. The first kappa shape index (κ1) is 8.02. The highest BCUT2D eigenvalue weighted by Gasteiger charge is 2.03. The van der Waals surface area contributed by atoms with Gasteiger partial charge in [0.15, 0.2) is 0 Å². The van der Waals surface area contributed by atoms with Crippen LogP contribution in [0.3, 0.4) is 0 Å². The summed E-state index contributed by atoms with van der Waals surface area (Å²) in [6.07, 6.45) is 0. The van der Waals surface area contributed by atoms with E-state index >= 15 is 0 Å². The van der Waals surface area contributed by atoms with Crippen molar-refractivity contribution in [1.29, 1.82) is 0 Å². The summed E-state index contributed by atoms with van der Waals surface area (Å²) in [5, 5.41) is 0. The Balaban J connectivity index is 2.96. The molecule has 1 aromatic rings. The van der Waals surface area contributed by atoms with Gasteiger partial charge in [0.1, 0.15) is 0 Å². The molecule has 0 fully saturated rings. The quantitative estimate of drug-likeness (QED) is 0.507. The van der Waals surface area contributed by atoms with Crippen molar-refractivity contribution in [3.63, 3.8) is 0 Å². The Hall–Kier alpha value is -1.08. The van der Waals surface area contributed by atoms with E-state index in [0.29, 0.717) is 11.3 Å². The van der Waals surface area contributed by atoms with Gasteiger partial charge in [-0.1, -0.05) is 6.07 Å². The van der Waals surface area contributed by atoms with Gasteiger partial charge >= 0.3 is 5.97 Å². The Bertz CT molecular complexity index is 275. The van der Waals surface area contributed by atoms with E-state index in [1.807, 2.05) is 9.47 Å². The lowest BCUT2D eigenvalue weighted by molar-refractivity contribution is 0.0765. The van der Waals surface area contributed by atoms with Gasteiger partial charge in [-0.3, -0.25) is 0 Å². The van der Waals surface area contributed by atoms with Gasteiger partial charge in [0.05, 0.1) is 15.0 Å². The number of carbonyl (C=O) groups excluding carboxylic acids is 1. The lowest BCUT2D eigenvalue weighted by Gasteiger charge is -1.98. The Morgan fingerprint density at radius 1 is 1.55 bits per heavy atom. The SMILES string of the molecule is Nc1cccc(C(=O)OP)c1. The minimum absolute atomic E-state index is 0.401. The van der Waals surface area contributed by atoms with E-state index < -0.39 is 5.97 Å². The zero-order valence-corrected chi connectivity index (χ0v) is 6.94. The van der Waals surface area contributed by atoms with Crippen LogP contribution in [0, 0.1) is 0 Å². The van der Waals surface area contributed by atoms with Crippen LogP contribution in [0.15, 0.2) is 24.3 Å². The molecule has 0 amide bonds. The second-order valence-corrected chi connectivity index (χ2v) is 2.27. The van der Waals surface area contributed by atoms with E-state index in [1.165, 1.54) is 0 Å². The fraction of sp³-hybridized carbons (Fsp3) is 0. The molecule has 3 nitrogen and oxygen atoms in total. The van der Waals surface area contributed by atoms with Crippen molar-refractivity contribution in [2.45, 2.75) is 0 Å². The first-order valence-electron chi connectivity index (χ1n) is 3.00. The third-order valence-corrected chi connectivity index (χ3v) is 1.44. The highest BCUT2D eigenvalue weighted by molar-refractivity contribution is 7.10. The van der Waals surface area contributed by atoms with E-state index in [1.54, 1.807) is 24.3 Å². The molecular formula is C7H8NO2P. The van der Waals surface area contributed by atoms with E-state index in [2.05, 4.69) is 4.52 Å². The Kier molecular flexibility index (Phi) is 2.44. The largest absolute Gasteiger partial charge is 0.448 e. The van der Waals surface area contributed by atoms with Crippen molar-refractivity contribution >= 4 is 21.1 Å². The number of hydrogen-bond donors (Lipinski definition) is 1. The van der Waals surface area contributed by atoms with Gasteiger partial charge in [-0.25, -0.2) is 4.79 Å². The van der Waals surface area contributed by atoms with Crippen molar-refractivity contribution in [1.82, 2.24) is 0 Å². The highest BCUT2D eigenvalue weighted by Crippen LogP contribution is 2.08. The van der Waals surface area contributed by atoms with E-state index in [4.69, 9.17) is 5.73 Å². The number of anilines is 1. The zero-order valence-electron chi connectivity index (χ0n) is 5.78. The number of nitrogens with two attached hydrogens (primary N) is 1. The maximum Gasteiger partial charge on any atom is 0.340 e. The number of nitrogen functional groups attached to an aromatic ring is 1. The molecule has 0 saturated heterocycles. The molecule has 58 valence electrons. The zero-order chi connectivity index (χ0) is 8.27. The summed E-state index contributed by atoms with van der Waals surface area (Å²) in [5.74, 6) is -0.401. The molecule has 0 aliphatic carbocycles. The topological polar surface area (TPSA) is 52.3 Å². The molecule has 1 atom stereocenters. The average molecular weight is 169 g/mol. The summed E-state index contributed by atoms with van der Waals surface area (Å²) in [5.41, 5.74) is 6.45. The van der Waals surface area contributed by atoms with E-state index in [9.17, 15) is 4.79 Å². The van der Waals surface area contributed by atoms with Crippen LogP contribution in [0.1, 0.15) is 10.4 Å². The van der Waals surface area contributed by atoms with Crippen LogP contribution in [0.5, 0.6) is 0 Å². The minimum atomic E-state index is -0.401. The monoisotopic (exact) mass is 169 g/mol. The van der Waals surface area contributed by atoms with Crippen LogP contribution >= 0.6 is 9.47 Å². The number of hydrogen-bond acceptors (Lipinski definition) is 3. The fourth-order valence-electron chi connectivity index (χ4n) is 0.734. The molecule has 4 heteroatoms. The normalized spacial score (nSPS) is 9.18. The molecule has 1 rings (SSSR count). The Morgan fingerprint density at radius 3 is 2.82 bits per heavy atom. The third-order valence-electron chi connectivity index (χ3n) is 1.23. The lowest BCUT2D eigenvalue weighted by atomic mass is 10.2. The molecule has 0 heterocycles. The molecular weight excluding hydrogens is 161 g/mol. The predicted molar refractivity (Wildman–Crippen MR) is 46.0 cm³/mol. The molecule has 0 spiro atoms. The average Bonchev–Trinajstić information content (AvgIpc) is 2.03. The van der Waals surface area contributed by atoms with E-state index in [0.717, 1.165) is 0 Å². The Labute approximate surface area is 66.8 Å². The summed E-state index contributed by atoms with van der Waals surface area (Å²) >= 11 is 0. The van der Waals surface area contributed by atoms with Gasteiger partial charge in [-0.2, -0.15) is 0 Å². The number of carbonyl (C=O) groups is 1. The molecule has 0 aliphatic heterocycles. The molecule has 0 radical (unpaired) electrons. The molecule has 0 bridgehead atoms. The van der Waals surface area contributed by atoms with Crippen LogP contribution in [0.2, 0.25) is 0 Å². The van der Waals surface area contributed by atoms with Crippen LogP contribution in [-0.4, -0.2) is 5.97 Å². The summed E-state index contributed by atoms with van der Waals surface area (Å²) in [4.78, 5) is 10.9. The van der Waals surface area contributed by atoms with Gasteiger partial charge in [-0.15, -0.1) is 0 Å². The number of rotatable bonds is 1. The first-order valence-corrected chi connectivity index (χ1v) is 3.48. The molecule has 0 saturated carbocycles. The smallest absolute Gasteiger partial charge is 0.340 e. The molecule has 0 aliphatic rings. The van der Waals surface area contributed by atoms with Crippen LogP contribution < -0.4 is 5.73 Å². The van der Waals surface area contributed by atoms with Gasteiger partial charge in [0.2, 0.25) is 0 Å². The second kappa shape index (κ2) is 3.35. The molecule has 2 N–H and O–H groups in total. The summed E-state index contributed by atoms with van der Waals surface area (Å²) < 4.78 is 4.41. The van der Waals surface area contributed by atoms with Crippen molar-refractivity contribution in [2.24, 2.45) is 0 Å². The fourth-order valence-corrected chi connectivity index (χ4v) is 0.870. The first-order chi connectivity index (χ1) is 5.24. The molecule has 1 unspecified atom stereocenters. The van der Waals surface area contributed by atoms with Crippen LogP contribution in [0.4, 0.5) is 5.69 Å². The second-order valence-electron chi connectivity index (χ2n) is 2.03. The Morgan fingerprint density at radius 2 is 2.27 bits per heavy atom. The third kappa shape index (κ3) is 1.92. The lowest BCUT2D eigenvalue weighted by Crippen LogP contribution is -1.98. The predicted octanol–water partition coefficient (Wildman–Crippen LogP) is 1.22. The highest BCUT2D eigenvalue weighted by atomic mass is 31.0. The van der Waals surface area contributed by atoms with Crippen molar-refractivity contribution in [3.05, 3.63) is 29.8 Å². The maximum absolute atomic E-state index is 10.9. The number of benzene rings is 1. The molecule has 1 aromatic carbocycles. The van der Waals surface area contributed by atoms with Gasteiger partial charge in [0.25, 0.3) is 0 Å². The van der Waals surface area contributed by atoms with Crippen LogP contribution in [-0.2, 0) is 4.52 Å². The van der Waals surface area contributed by atoms with Crippen LogP contribution in [0.25, 0.3) is 0 Å². The summed E-state index contributed by atoms with van der Waals surface area (Å²) in [6, 6.07) is 6.61. The van der Waals surface area contributed by atoms with E-state index in [-0.39, 0.29) is 0 Å². The van der Waals surface area contributed by atoms with Gasteiger partial charge in [0, 0.05) is 5.69 Å².